The number of aliphatic hydroxyl groups is 2. The first kappa shape index (κ1) is 83.9. The summed E-state index contributed by atoms with van der Waals surface area (Å²) < 4.78 is 85.8. The number of hydrogen-bond donors (Lipinski definition) is 10. The predicted octanol–water partition coefficient (Wildman–Crippen LogP) is 4.76. The van der Waals surface area contributed by atoms with Crippen LogP contribution in [0.3, 0.4) is 0 Å². The molecule has 106 heavy (non-hydrogen) atoms. The highest BCUT2D eigenvalue weighted by molar-refractivity contribution is 6.02. The van der Waals surface area contributed by atoms with Gasteiger partial charge in [0.25, 0.3) is 0 Å². The second kappa shape index (κ2) is 38.9. The smallest absolute Gasteiger partial charge is 0.408 e. The zero-order valence-electron chi connectivity index (χ0n) is 61.8. The van der Waals surface area contributed by atoms with Gasteiger partial charge in [0, 0.05) is 54.8 Å². The molecule has 1 heterocycles. The normalized spacial score (nSPS) is 28.4. The summed E-state index contributed by atoms with van der Waals surface area (Å²) in [5.74, 6) is 0.363. The number of hydrogen-bond acceptors (Lipinski definition) is 21. The van der Waals surface area contributed by atoms with Gasteiger partial charge in [-0.05, 0) is 136 Å². The molecule has 0 spiro atoms. The number of carbonyl (C=O) groups is 10. The molecule has 2 unspecified atom stereocenters. The van der Waals surface area contributed by atoms with E-state index >= 15 is 8.78 Å². The van der Waals surface area contributed by atoms with Crippen LogP contribution >= 0.6 is 0 Å². The fraction of sp³-hybridized carbons (Fsp3) is 0.707. The number of aliphatic hydroxyl groups excluding tert-OH is 2. The number of fused-ring (bicyclic) bond motifs is 8. The predicted molar refractivity (Wildman–Crippen MR) is 377 cm³/mol. The first-order chi connectivity index (χ1) is 50.6. The third-order valence-electron chi connectivity index (χ3n) is 21.6. The number of alkyl carbamates (subject to hydrolysis) is 2. The number of primary amides is 1. The van der Waals surface area contributed by atoms with Crippen LogP contribution in [0.25, 0.3) is 0 Å². The molecular weight excluding hydrogens is 1390 g/mol. The number of ether oxygens (including phenoxy) is 9. The Labute approximate surface area is 617 Å². The van der Waals surface area contributed by atoms with E-state index in [0.717, 1.165) is 31.8 Å². The molecule has 5 fully saturated rings. The Morgan fingerprint density at radius 1 is 0.755 bits per heavy atom. The quantitative estimate of drug-likeness (QED) is 0.0183. The van der Waals surface area contributed by atoms with E-state index < -0.39 is 161 Å². The van der Waals surface area contributed by atoms with Crippen LogP contribution in [0.2, 0.25) is 0 Å². The molecule has 1 aromatic carbocycles. The molecule has 29 nitrogen and oxygen atoms in total. The van der Waals surface area contributed by atoms with Gasteiger partial charge in [-0.2, -0.15) is 0 Å². The fourth-order valence-electron chi connectivity index (χ4n) is 16.1. The minimum absolute atomic E-state index is 0.0195. The molecule has 31 heteroatoms. The molecule has 0 aromatic heterocycles. The van der Waals surface area contributed by atoms with Gasteiger partial charge in [-0.15, -0.1) is 11.8 Å². The summed E-state index contributed by atoms with van der Waals surface area (Å²) in [6.45, 7) is 12.7. The van der Waals surface area contributed by atoms with Crippen LogP contribution in [0, 0.1) is 64.1 Å². The Kier molecular flexibility index (Phi) is 30.8. The highest BCUT2D eigenvalue weighted by Crippen LogP contribution is 2.72. The molecule has 588 valence electrons. The molecule has 7 aliphatic rings. The van der Waals surface area contributed by atoms with Gasteiger partial charge < -0.3 is 95.8 Å². The van der Waals surface area contributed by atoms with Crippen molar-refractivity contribution in [3.05, 3.63) is 53.6 Å². The monoisotopic (exact) mass is 1490 g/mol. The number of amides is 8. The lowest BCUT2D eigenvalue weighted by atomic mass is 9.44. The third kappa shape index (κ3) is 21.0. The Morgan fingerprint density at radius 2 is 1.41 bits per heavy atom. The first-order valence-electron chi connectivity index (χ1n) is 37.1. The maximum absolute atomic E-state index is 18.1. The average molecular weight is 1500 g/mol. The van der Waals surface area contributed by atoms with E-state index in [2.05, 4.69) is 49.1 Å². The number of benzene rings is 1. The van der Waals surface area contributed by atoms with Crippen molar-refractivity contribution in [2.75, 3.05) is 91.1 Å². The van der Waals surface area contributed by atoms with Crippen molar-refractivity contribution in [2.45, 2.75) is 199 Å². The minimum atomic E-state index is -2.45. The van der Waals surface area contributed by atoms with Crippen molar-refractivity contribution in [1.82, 2.24) is 31.9 Å². The highest BCUT2D eigenvalue weighted by atomic mass is 19.1. The number of alkyl halides is 2. The highest BCUT2D eigenvalue weighted by Gasteiger charge is 2.80. The number of halogens is 2. The van der Waals surface area contributed by atoms with Gasteiger partial charge in [0.1, 0.15) is 36.9 Å². The number of anilines is 1. The molecule has 8 amide bonds. The maximum atomic E-state index is 18.1. The van der Waals surface area contributed by atoms with Crippen molar-refractivity contribution in [3.8, 4) is 11.8 Å². The molecule has 4 saturated carbocycles. The molecule has 8 rings (SSSR count). The summed E-state index contributed by atoms with van der Waals surface area (Å²) in [7, 11) is 0. The summed E-state index contributed by atoms with van der Waals surface area (Å²) in [4.78, 5) is 132. The number of allylic oxidation sites excluding steroid dienone is 4. The lowest BCUT2D eigenvalue weighted by Crippen LogP contribution is -2.71. The van der Waals surface area contributed by atoms with Gasteiger partial charge in [-0.25, -0.2) is 28.0 Å². The number of carbonyl (C=O) groups excluding carboxylic acids is 10. The van der Waals surface area contributed by atoms with Gasteiger partial charge >= 0.3 is 24.2 Å². The largest absolute Gasteiger partial charge is 0.456 e. The standard InChI is InChI=1S/C75H108F2N8O21/c1-8-14-63-105-61-38-52-53-37-55(76)54-36-48(87)22-24-72(54,6)74(53,77)59(88)39-73(52,7)75(61,106-63)60(89)43-102-68(94)57(35-44(2)3)83-66(92)58(40-86)84-71(97)103-41-46-18-20-47(21-19-46)81-65(91)56(17-13-25-79-69(78)95)82-67(93)64(45(4)5)85-62(90)23-27-98-29-31-100-33-34-101-32-30-99-28-26-80-70(96)104-42-51-49-15-11-9-10-12-16-50(49)51/h18-22,24,36,44-45,49-53,55-59,61,63-64,86,88H,8,11-17,23,25-35,37-43H2,1-7H3,(H,80,96)(H,81,91)(H,82,93)(H,83,92)(H,84,97)(H,85,90)(H3,78,79,95)/t49-,50+,51-,52?,53-,55-,56-,57-,58-,59-,61+,63?,64-,72-,73-,74-,75+/m0/s1. The van der Waals surface area contributed by atoms with Crippen molar-refractivity contribution in [1.29, 1.82) is 0 Å². The Hall–Kier alpha value is -7.70. The number of rotatable bonds is 41. The second-order valence-corrected chi connectivity index (χ2v) is 29.6. The zero-order chi connectivity index (χ0) is 76.9. The molecule has 17 atom stereocenters. The van der Waals surface area contributed by atoms with Crippen LogP contribution in [-0.2, 0) is 82.8 Å². The second-order valence-electron chi connectivity index (χ2n) is 29.6. The number of esters is 1. The van der Waals surface area contributed by atoms with E-state index in [1.807, 2.05) is 6.92 Å². The summed E-state index contributed by atoms with van der Waals surface area (Å²) in [6, 6.07) is -0.0313. The molecule has 6 aliphatic carbocycles. The van der Waals surface area contributed by atoms with E-state index in [1.54, 1.807) is 34.6 Å². The fourth-order valence-corrected chi connectivity index (χ4v) is 16.1. The lowest BCUT2D eigenvalue weighted by Gasteiger charge is -2.63. The van der Waals surface area contributed by atoms with E-state index in [-0.39, 0.29) is 95.1 Å². The zero-order valence-corrected chi connectivity index (χ0v) is 61.8. The number of urea groups is 1. The SMILES string of the molecule is CCCC1O[C@@H]2CC3[C@@H]4C[C@H](F)C5=CC(=O)C=C[C@]5(C)[C@@]4(F)[C@@H](O)C[C@]3(C)[C@]2(C(=O)COC(=O)[C@H](CC(C)C)NC(=O)[C@H](CO)NC(=O)OCc2ccc(NC(=O)[C@H](CCCNC(N)=O)NC(=O)[C@@H](NC(=O)CCOCCOCCOCCOCCNC(=O)OC[C@@H]3[C@@H]4CCC#CCC[C@@H]43)C(C)C)cc2)O1. The summed E-state index contributed by atoms with van der Waals surface area (Å²) in [6.07, 6.45) is 1.06. The van der Waals surface area contributed by atoms with Crippen LogP contribution in [-0.4, -0.2) is 215 Å². The van der Waals surface area contributed by atoms with Crippen LogP contribution in [0.4, 0.5) is 28.9 Å². The number of nitrogens with one attached hydrogen (secondary N) is 7. The topological polar surface area (TPSA) is 404 Å². The number of Topliss-reactive ketones (excluding diaryl/α,β-unsaturated/α-hetero) is 1. The Bertz CT molecular complexity index is 3350. The van der Waals surface area contributed by atoms with Gasteiger partial charge in [-0.3, -0.25) is 28.8 Å². The van der Waals surface area contributed by atoms with E-state index in [9.17, 15) is 58.2 Å². The molecule has 0 radical (unpaired) electrons. The summed E-state index contributed by atoms with van der Waals surface area (Å²) in [5.41, 5.74) is -1.51. The summed E-state index contributed by atoms with van der Waals surface area (Å²) >= 11 is 0. The van der Waals surface area contributed by atoms with E-state index in [4.69, 9.17) is 48.4 Å². The van der Waals surface area contributed by atoms with Gasteiger partial charge in [0.05, 0.1) is 78.3 Å². The van der Waals surface area contributed by atoms with Gasteiger partial charge in [0.2, 0.25) is 29.4 Å². The third-order valence-corrected chi connectivity index (χ3v) is 21.6. The van der Waals surface area contributed by atoms with Crippen molar-refractivity contribution in [2.24, 2.45) is 58.0 Å². The van der Waals surface area contributed by atoms with E-state index in [0.29, 0.717) is 82.3 Å². The van der Waals surface area contributed by atoms with Gasteiger partial charge in [0.15, 0.2) is 29.9 Å². The first-order valence-corrected chi connectivity index (χ1v) is 37.1. The maximum Gasteiger partial charge on any atom is 0.408 e. The van der Waals surface area contributed by atoms with Crippen LogP contribution in [0.1, 0.15) is 138 Å². The summed E-state index contributed by atoms with van der Waals surface area (Å²) in [5, 5.41) is 40.4. The molecule has 0 bridgehead atoms. The number of nitrogens with two attached hydrogens (primary N) is 1. The minimum Gasteiger partial charge on any atom is -0.456 e. The molecule has 1 aromatic rings. The van der Waals surface area contributed by atoms with Crippen molar-refractivity contribution >= 4 is 65.1 Å². The Morgan fingerprint density at radius 3 is 2.04 bits per heavy atom. The molecule has 11 N–H and O–H groups in total. The van der Waals surface area contributed by atoms with Crippen molar-refractivity contribution < 1.29 is 110 Å². The molecule has 1 saturated heterocycles. The van der Waals surface area contributed by atoms with Crippen LogP contribution in [0.5, 0.6) is 0 Å². The number of ketones is 2. The Balaban J connectivity index is 0.736. The van der Waals surface area contributed by atoms with Crippen LogP contribution in [0.15, 0.2) is 48.1 Å². The van der Waals surface area contributed by atoms with Crippen LogP contribution < -0.4 is 43.0 Å². The molecule has 1 aliphatic heterocycles. The average Bonchev–Trinajstić information content (AvgIpc) is 1.34. The van der Waals surface area contributed by atoms with E-state index in [1.165, 1.54) is 43.3 Å². The molecular formula is C75H108F2N8O21. The lowest BCUT2D eigenvalue weighted by molar-refractivity contribution is -0.235. The van der Waals surface area contributed by atoms with Gasteiger partial charge in [-0.1, -0.05) is 66.2 Å². The van der Waals surface area contributed by atoms with Crippen molar-refractivity contribution in [3.63, 3.8) is 0 Å².